The van der Waals surface area contributed by atoms with E-state index in [9.17, 15) is 13.2 Å². The van der Waals surface area contributed by atoms with Crippen molar-refractivity contribution in [2.24, 2.45) is 0 Å². The van der Waals surface area contributed by atoms with Crippen LogP contribution in [0.15, 0.2) is 41.3 Å². The number of hydrogen-bond donors (Lipinski definition) is 2. The zero-order chi connectivity index (χ0) is 20.0. The minimum absolute atomic E-state index is 0.00160. The number of carbonyl (C=O) groups is 1. The Morgan fingerprint density at radius 2 is 1.81 bits per heavy atom. The number of rotatable bonds is 8. The van der Waals surface area contributed by atoms with Crippen molar-refractivity contribution in [3.8, 4) is 11.5 Å². The summed E-state index contributed by atoms with van der Waals surface area (Å²) in [5.41, 5.74) is 0.260. The van der Waals surface area contributed by atoms with Gasteiger partial charge in [-0.2, -0.15) is 0 Å². The van der Waals surface area contributed by atoms with Gasteiger partial charge in [0, 0.05) is 23.7 Å². The Bertz CT molecular complexity index is 935. The number of carbonyl (C=O) groups excluding carboxylic acids is 1. The maximum atomic E-state index is 12.2. The number of amides is 1. The predicted molar refractivity (Wildman–Crippen MR) is 104 cm³/mol. The molecule has 2 aromatic rings. The highest BCUT2D eigenvalue weighted by molar-refractivity contribution is 7.89. The summed E-state index contributed by atoms with van der Waals surface area (Å²) in [6, 6.07) is 8.81. The highest BCUT2D eigenvalue weighted by atomic mass is 35.5. The van der Waals surface area contributed by atoms with Gasteiger partial charge in [0.2, 0.25) is 10.0 Å². The van der Waals surface area contributed by atoms with Gasteiger partial charge < -0.3 is 14.8 Å². The van der Waals surface area contributed by atoms with E-state index in [-0.39, 0.29) is 28.6 Å². The smallest absolute Gasteiger partial charge is 0.251 e. The largest absolute Gasteiger partial charge is 0.493 e. The lowest BCUT2D eigenvalue weighted by Crippen LogP contribution is -2.34. The van der Waals surface area contributed by atoms with Gasteiger partial charge in [-0.3, -0.25) is 4.79 Å². The molecule has 146 valence electrons. The SMILES string of the molecule is COc1cc(C(=O)NCCNS(=O)(=O)c2cccc(Cl)c2)cc(Cl)c1OC. The molecule has 10 heteroatoms. The lowest BCUT2D eigenvalue weighted by Gasteiger charge is -2.12. The van der Waals surface area contributed by atoms with Gasteiger partial charge in [-0.1, -0.05) is 29.3 Å². The minimum Gasteiger partial charge on any atom is -0.493 e. The average molecular weight is 433 g/mol. The Labute approximate surface area is 167 Å². The molecule has 27 heavy (non-hydrogen) atoms. The van der Waals surface area contributed by atoms with E-state index < -0.39 is 15.9 Å². The van der Waals surface area contributed by atoms with Crippen LogP contribution in [0, 0.1) is 0 Å². The van der Waals surface area contributed by atoms with Crippen molar-refractivity contribution < 1.29 is 22.7 Å². The summed E-state index contributed by atoms with van der Waals surface area (Å²) in [4.78, 5) is 12.3. The van der Waals surface area contributed by atoms with E-state index in [0.717, 1.165) is 0 Å². The Kier molecular flexibility index (Phi) is 7.32. The van der Waals surface area contributed by atoms with Crippen LogP contribution in [0.5, 0.6) is 11.5 Å². The molecule has 2 N–H and O–H groups in total. The van der Waals surface area contributed by atoms with Crippen LogP contribution in [-0.2, 0) is 10.0 Å². The van der Waals surface area contributed by atoms with Gasteiger partial charge >= 0.3 is 0 Å². The monoisotopic (exact) mass is 432 g/mol. The highest BCUT2D eigenvalue weighted by Gasteiger charge is 2.16. The van der Waals surface area contributed by atoms with Crippen LogP contribution in [-0.4, -0.2) is 41.6 Å². The zero-order valence-corrected chi connectivity index (χ0v) is 16.9. The molecular weight excluding hydrogens is 415 g/mol. The second-order valence-corrected chi connectivity index (χ2v) is 7.92. The average Bonchev–Trinajstić information content (AvgIpc) is 2.64. The number of methoxy groups -OCH3 is 2. The summed E-state index contributed by atoms with van der Waals surface area (Å²) in [7, 11) is -0.844. The molecule has 0 aliphatic heterocycles. The highest BCUT2D eigenvalue weighted by Crippen LogP contribution is 2.35. The first-order chi connectivity index (χ1) is 12.8. The van der Waals surface area contributed by atoms with Crippen molar-refractivity contribution in [2.75, 3.05) is 27.3 Å². The van der Waals surface area contributed by atoms with Gasteiger partial charge in [-0.05, 0) is 30.3 Å². The van der Waals surface area contributed by atoms with Crippen LogP contribution in [0.2, 0.25) is 10.0 Å². The van der Waals surface area contributed by atoms with Crippen LogP contribution >= 0.6 is 23.2 Å². The molecule has 2 rings (SSSR count). The molecule has 0 fully saturated rings. The van der Waals surface area contributed by atoms with Gasteiger partial charge in [0.05, 0.1) is 24.1 Å². The first-order valence-corrected chi connectivity index (χ1v) is 9.97. The lowest BCUT2D eigenvalue weighted by atomic mass is 10.2. The standard InChI is InChI=1S/C17H18Cl2N2O5S/c1-25-15-9-11(8-14(19)16(15)26-2)17(22)20-6-7-21-27(23,24)13-5-3-4-12(18)10-13/h3-5,8-10,21H,6-7H2,1-2H3,(H,20,22). The van der Waals surface area contributed by atoms with Crippen molar-refractivity contribution in [1.29, 1.82) is 0 Å². The fraction of sp³-hybridized carbons (Fsp3) is 0.235. The van der Waals surface area contributed by atoms with Crippen LogP contribution in [0.25, 0.3) is 0 Å². The number of benzene rings is 2. The Morgan fingerprint density at radius 1 is 1.07 bits per heavy atom. The molecule has 0 aliphatic rings. The number of hydrogen-bond acceptors (Lipinski definition) is 5. The molecule has 0 saturated heterocycles. The minimum atomic E-state index is -3.72. The van der Waals surface area contributed by atoms with Crippen LogP contribution in [0.3, 0.4) is 0 Å². The summed E-state index contributed by atoms with van der Waals surface area (Å²) >= 11 is 11.9. The molecule has 2 aromatic carbocycles. The van der Waals surface area contributed by atoms with Gasteiger partial charge in [0.15, 0.2) is 11.5 Å². The summed E-state index contributed by atoms with van der Waals surface area (Å²) in [5.74, 6) is 0.210. The fourth-order valence-electron chi connectivity index (χ4n) is 2.23. The third-order valence-electron chi connectivity index (χ3n) is 3.50. The molecule has 0 radical (unpaired) electrons. The summed E-state index contributed by atoms with van der Waals surface area (Å²) in [5, 5.41) is 3.15. The Morgan fingerprint density at radius 3 is 2.44 bits per heavy atom. The van der Waals surface area contributed by atoms with Crippen molar-refractivity contribution >= 4 is 39.1 Å². The van der Waals surface area contributed by atoms with Crippen molar-refractivity contribution in [3.05, 3.63) is 52.0 Å². The molecule has 7 nitrogen and oxygen atoms in total. The van der Waals surface area contributed by atoms with E-state index >= 15 is 0 Å². The molecule has 0 aromatic heterocycles. The molecule has 0 bridgehead atoms. The Balaban J connectivity index is 1.96. The van der Waals surface area contributed by atoms with E-state index in [4.69, 9.17) is 32.7 Å². The van der Waals surface area contributed by atoms with E-state index in [0.29, 0.717) is 16.5 Å². The number of ether oxygens (including phenoxy) is 2. The number of sulfonamides is 1. The van der Waals surface area contributed by atoms with Gasteiger partial charge in [0.1, 0.15) is 0 Å². The van der Waals surface area contributed by atoms with Crippen LogP contribution in [0.4, 0.5) is 0 Å². The van der Waals surface area contributed by atoms with Crippen molar-refractivity contribution in [2.45, 2.75) is 4.90 Å². The van der Waals surface area contributed by atoms with Crippen molar-refractivity contribution in [3.63, 3.8) is 0 Å². The van der Waals surface area contributed by atoms with Crippen LogP contribution in [0.1, 0.15) is 10.4 Å². The molecule has 0 unspecified atom stereocenters. The van der Waals surface area contributed by atoms with E-state index in [2.05, 4.69) is 10.0 Å². The first kappa shape index (κ1) is 21.3. The second-order valence-electron chi connectivity index (χ2n) is 5.30. The predicted octanol–water partition coefficient (Wildman–Crippen LogP) is 2.72. The summed E-state index contributed by atoms with van der Waals surface area (Å²) < 4.78 is 37.0. The molecule has 0 atom stereocenters. The topological polar surface area (TPSA) is 93.7 Å². The van der Waals surface area contributed by atoms with Gasteiger partial charge in [-0.25, -0.2) is 13.1 Å². The molecule has 0 aliphatic carbocycles. The van der Waals surface area contributed by atoms with Gasteiger partial charge in [-0.15, -0.1) is 0 Å². The maximum absolute atomic E-state index is 12.2. The van der Waals surface area contributed by atoms with E-state index in [1.54, 1.807) is 12.1 Å². The quantitative estimate of drug-likeness (QED) is 0.625. The fourth-order valence-corrected chi connectivity index (χ4v) is 3.85. The normalized spacial score (nSPS) is 11.1. The third-order valence-corrected chi connectivity index (χ3v) is 5.48. The molecular formula is C17H18Cl2N2O5S. The second kappa shape index (κ2) is 9.27. The van der Waals surface area contributed by atoms with Gasteiger partial charge in [0.25, 0.3) is 5.91 Å². The van der Waals surface area contributed by atoms with Crippen LogP contribution < -0.4 is 19.5 Å². The zero-order valence-electron chi connectivity index (χ0n) is 14.6. The van der Waals surface area contributed by atoms with Crippen molar-refractivity contribution in [1.82, 2.24) is 10.0 Å². The summed E-state index contributed by atoms with van der Waals surface area (Å²) in [6.07, 6.45) is 0. The molecule has 0 saturated carbocycles. The van der Waals surface area contributed by atoms with E-state index in [1.807, 2.05) is 0 Å². The first-order valence-electron chi connectivity index (χ1n) is 7.73. The molecule has 0 heterocycles. The summed E-state index contributed by atoms with van der Waals surface area (Å²) in [6.45, 7) is 0.0756. The van der Waals surface area contributed by atoms with E-state index in [1.165, 1.54) is 38.5 Å². The third kappa shape index (κ3) is 5.49. The number of nitrogens with one attached hydrogen (secondary N) is 2. The Hall–Kier alpha value is -2.00. The molecule has 0 spiro atoms. The maximum Gasteiger partial charge on any atom is 0.251 e. The number of halogens is 2. The molecule has 1 amide bonds. The lowest BCUT2D eigenvalue weighted by molar-refractivity contribution is 0.0954.